The van der Waals surface area contributed by atoms with Crippen molar-refractivity contribution in [3.05, 3.63) is 89.2 Å². The Hall–Kier alpha value is -3.18. The standard InChI is InChI=1S/C21H14ClFN2O2/c22-17-10-8-14(9-11-17)21-24-20(25-27-21)15-5-3-6-18(12-15)26-13-16-4-1-2-7-19(16)23/h1-12H,13H2. The number of hydrogen-bond donors (Lipinski definition) is 0. The Balaban J connectivity index is 1.52. The largest absolute Gasteiger partial charge is 0.489 e. The highest BCUT2D eigenvalue weighted by atomic mass is 35.5. The Morgan fingerprint density at radius 3 is 2.56 bits per heavy atom. The molecule has 0 bridgehead atoms. The molecule has 134 valence electrons. The van der Waals surface area contributed by atoms with Crippen molar-refractivity contribution in [3.63, 3.8) is 0 Å². The van der Waals surface area contributed by atoms with Gasteiger partial charge in [0.15, 0.2) is 0 Å². The Morgan fingerprint density at radius 2 is 1.74 bits per heavy atom. The summed E-state index contributed by atoms with van der Waals surface area (Å²) in [5.74, 6) is 1.14. The normalized spacial score (nSPS) is 10.7. The summed E-state index contributed by atoms with van der Waals surface area (Å²) >= 11 is 5.90. The highest BCUT2D eigenvalue weighted by Crippen LogP contribution is 2.26. The van der Waals surface area contributed by atoms with Crippen molar-refractivity contribution in [1.29, 1.82) is 0 Å². The molecule has 27 heavy (non-hydrogen) atoms. The summed E-state index contributed by atoms with van der Waals surface area (Å²) in [5.41, 5.74) is 2.02. The second-order valence-electron chi connectivity index (χ2n) is 5.84. The lowest BCUT2D eigenvalue weighted by Gasteiger charge is -2.07. The number of hydrogen-bond acceptors (Lipinski definition) is 4. The molecule has 0 aliphatic rings. The zero-order chi connectivity index (χ0) is 18.6. The number of halogens is 2. The minimum Gasteiger partial charge on any atom is -0.489 e. The molecule has 0 saturated carbocycles. The molecule has 0 atom stereocenters. The van der Waals surface area contributed by atoms with E-state index < -0.39 is 0 Å². The van der Waals surface area contributed by atoms with Gasteiger partial charge in [0.25, 0.3) is 5.89 Å². The van der Waals surface area contributed by atoms with Crippen molar-refractivity contribution in [2.75, 3.05) is 0 Å². The zero-order valence-electron chi connectivity index (χ0n) is 14.1. The van der Waals surface area contributed by atoms with Crippen LogP contribution >= 0.6 is 11.6 Å². The average molecular weight is 381 g/mol. The van der Waals surface area contributed by atoms with Gasteiger partial charge in [-0.1, -0.05) is 47.1 Å². The SMILES string of the molecule is Fc1ccccc1COc1cccc(-c2noc(-c3ccc(Cl)cc3)n2)c1. The van der Waals surface area contributed by atoms with Crippen LogP contribution in [0.5, 0.6) is 5.75 Å². The van der Waals surface area contributed by atoms with Crippen LogP contribution < -0.4 is 4.74 Å². The van der Waals surface area contributed by atoms with E-state index in [-0.39, 0.29) is 12.4 Å². The molecule has 3 aromatic carbocycles. The number of nitrogens with zero attached hydrogens (tertiary/aromatic N) is 2. The van der Waals surface area contributed by atoms with Crippen molar-refractivity contribution in [1.82, 2.24) is 10.1 Å². The maximum atomic E-state index is 13.7. The Labute approximate surface area is 160 Å². The predicted octanol–water partition coefficient (Wildman–Crippen LogP) is 5.78. The minimum absolute atomic E-state index is 0.137. The number of rotatable bonds is 5. The van der Waals surface area contributed by atoms with Gasteiger partial charge < -0.3 is 9.26 Å². The highest BCUT2D eigenvalue weighted by molar-refractivity contribution is 6.30. The van der Waals surface area contributed by atoms with Gasteiger partial charge in [-0.05, 0) is 42.5 Å². The maximum Gasteiger partial charge on any atom is 0.258 e. The third kappa shape index (κ3) is 3.99. The molecular weight excluding hydrogens is 367 g/mol. The van der Waals surface area contributed by atoms with Gasteiger partial charge in [-0.3, -0.25) is 0 Å². The molecule has 0 unspecified atom stereocenters. The average Bonchev–Trinajstić information content (AvgIpc) is 3.18. The van der Waals surface area contributed by atoms with Gasteiger partial charge in [0.1, 0.15) is 18.2 Å². The van der Waals surface area contributed by atoms with Crippen molar-refractivity contribution in [2.45, 2.75) is 6.61 Å². The van der Waals surface area contributed by atoms with E-state index >= 15 is 0 Å². The van der Waals surface area contributed by atoms with Crippen LogP contribution in [0, 0.1) is 5.82 Å². The molecule has 6 heteroatoms. The van der Waals surface area contributed by atoms with Crippen molar-refractivity contribution in [3.8, 4) is 28.6 Å². The molecule has 0 saturated heterocycles. The molecule has 0 amide bonds. The fourth-order valence-corrected chi connectivity index (χ4v) is 2.68. The summed E-state index contributed by atoms with van der Waals surface area (Å²) in [6, 6.07) is 20.9. The van der Waals surface area contributed by atoms with Crippen LogP contribution in [0.15, 0.2) is 77.3 Å². The summed E-state index contributed by atoms with van der Waals surface area (Å²) in [6.07, 6.45) is 0. The Morgan fingerprint density at radius 1 is 0.926 bits per heavy atom. The van der Waals surface area contributed by atoms with Gasteiger partial charge in [-0.2, -0.15) is 4.98 Å². The number of benzene rings is 3. The lowest BCUT2D eigenvalue weighted by atomic mass is 10.2. The molecule has 0 N–H and O–H groups in total. The second kappa shape index (κ2) is 7.60. The van der Waals surface area contributed by atoms with E-state index in [0.717, 1.165) is 11.1 Å². The van der Waals surface area contributed by atoms with E-state index in [9.17, 15) is 4.39 Å². The maximum absolute atomic E-state index is 13.7. The van der Waals surface area contributed by atoms with Gasteiger partial charge in [-0.25, -0.2) is 4.39 Å². The number of ether oxygens (including phenoxy) is 1. The topological polar surface area (TPSA) is 48.2 Å². The van der Waals surface area contributed by atoms with Crippen LogP contribution in [0.3, 0.4) is 0 Å². The van der Waals surface area contributed by atoms with Crippen molar-refractivity contribution >= 4 is 11.6 Å². The molecule has 4 aromatic rings. The van der Waals surface area contributed by atoms with Crippen LogP contribution in [0.25, 0.3) is 22.8 Å². The first kappa shape index (κ1) is 17.2. The lowest BCUT2D eigenvalue weighted by molar-refractivity contribution is 0.300. The Kier molecular flexibility index (Phi) is 4.85. The molecule has 4 nitrogen and oxygen atoms in total. The quantitative estimate of drug-likeness (QED) is 0.440. The highest BCUT2D eigenvalue weighted by Gasteiger charge is 2.11. The fourth-order valence-electron chi connectivity index (χ4n) is 2.55. The second-order valence-corrected chi connectivity index (χ2v) is 6.27. The van der Waals surface area contributed by atoms with Crippen LogP contribution in [-0.2, 0) is 6.61 Å². The monoisotopic (exact) mass is 380 g/mol. The minimum atomic E-state index is -0.292. The first-order valence-electron chi connectivity index (χ1n) is 8.25. The van der Waals surface area contributed by atoms with Gasteiger partial charge in [0, 0.05) is 21.7 Å². The number of aromatic nitrogens is 2. The fraction of sp³-hybridized carbons (Fsp3) is 0.0476. The van der Waals surface area contributed by atoms with Crippen molar-refractivity contribution < 1.29 is 13.7 Å². The molecule has 0 radical (unpaired) electrons. The van der Waals surface area contributed by atoms with E-state index in [0.29, 0.717) is 28.1 Å². The van der Waals surface area contributed by atoms with Crippen LogP contribution in [0.4, 0.5) is 4.39 Å². The molecule has 0 spiro atoms. The third-order valence-corrected chi connectivity index (χ3v) is 4.21. The van der Waals surface area contributed by atoms with Crippen LogP contribution in [-0.4, -0.2) is 10.1 Å². The summed E-state index contributed by atoms with van der Waals surface area (Å²) in [7, 11) is 0. The van der Waals surface area contributed by atoms with Crippen molar-refractivity contribution in [2.24, 2.45) is 0 Å². The van der Waals surface area contributed by atoms with E-state index in [2.05, 4.69) is 10.1 Å². The first-order valence-corrected chi connectivity index (χ1v) is 8.63. The molecule has 4 rings (SSSR count). The molecule has 0 aliphatic carbocycles. The lowest BCUT2D eigenvalue weighted by Crippen LogP contribution is -1.98. The summed E-state index contributed by atoms with van der Waals surface area (Å²) in [4.78, 5) is 4.42. The molecular formula is C21H14ClFN2O2. The van der Waals surface area contributed by atoms with E-state index in [1.807, 2.05) is 24.3 Å². The predicted molar refractivity (Wildman–Crippen MR) is 101 cm³/mol. The third-order valence-electron chi connectivity index (χ3n) is 3.96. The van der Waals surface area contributed by atoms with E-state index in [1.54, 1.807) is 42.5 Å². The summed E-state index contributed by atoms with van der Waals surface area (Å²) < 4.78 is 24.7. The summed E-state index contributed by atoms with van der Waals surface area (Å²) in [6.45, 7) is 0.137. The van der Waals surface area contributed by atoms with Crippen LogP contribution in [0.2, 0.25) is 5.02 Å². The first-order chi connectivity index (χ1) is 13.2. The molecule has 0 aliphatic heterocycles. The molecule has 1 heterocycles. The van der Waals surface area contributed by atoms with Crippen LogP contribution in [0.1, 0.15) is 5.56 Å². The van der Waals surface area contributed by atoms with E-state index in [4.69, 9.17) is 20.9 Å². The van der Waals surface area contributed by atoms with E-state index in [1.165, 1.54) is 6.07 Å². The smallest absolute Gasteiger partial charge is 0.258 e. The Bertz CT molecular complexity index is 1060. The molecule has 0 fully saturated rings. The van der Waals surface area contributed by atoms with Gasteiger partial charge in [0.05, 0.1) is 0 Å². The zero-order valence-corrected chi connectivity index (χ0v) is 14.9. The van der Waals surface area contributed by atoms with Gasteiger partial charge in [0.2, 0.25) is 5.82 Å². The van der Waals surface area contributed by atoms with Gasteiger partial charge in [-0.15, -0.1) is 0 Å². The molecule has 1 aromatic heterocycles. The van der Waals surface area contributed by atoms with Gasteiger partial charge >= 0.3 is 0 Å². The summed E-state index contributed by atoms with van der Waals surface area (Å²) in [5, 5.41) is 4.66.